The third kappa shape index (κ3) is 4.38. The Labute approximate surface area is 160 Å². The number of hydrogen-bond acceptors (Lipinski definition) is 7. The number of amides is 1. The van der Waals surface area contributed by atoms with Crippen LogP contribution in [-0.2, 0) is 9.53 Å². The molecule has 1 N–H and O–H groups in total. The van der Waals surface area contributed by atoms with Crippen LogP contribution in [0.15, 0.2) is 29.3 Å². The van der Waals surface area contributed by atoms with E-state index in [1.165, 1.54) is 17.3 Å². The van der Waals surface area contributed by atoms with Crippen LogP contribution in [0.2, 0.25) is 0 Å². The number of methoxy groups -OCH3 is 1. The van der Waals surface area contributed by atoms with Crippen molar-refractivity contribution >= 4 is 39.2 Å². The molecule has 0 saturated carbocycles. The minimum absolute atomic E-state index is 0.0587. The highest BCUT2D eigenvalue weighted by molar-refractivity contribution is 8.00. The van der Waals surface area contributed by atoms with Crippen LogP contribution in [0.1, 0.15) is 10.6 Å². The number of thiazole rings is 1. The highest BCUT2D eigenvalue weighted by Crippen LogP contribution is 2.35. The zero-order chi connectivity index (χ0) is 18.5. The molecule has 0 saturated heterocycles. The van der Waals surface area contributed by atoms with E-state index >= 15 is 0 Å². The first-order valence-corrected chi connectivity index (χ1v) is 9.98. The Bertz CT molecular complexity index is 909. The average molecular weight is 389 g/mol. The number of aromatic nitrogens is 3. The fraction of sp³-hybridized carbons (Fsp3) is 0.333. The lowest BCUT2D eigenvalue weighted by atomic mass is 10.1. The average Bonchev–Trinajstić information content (AvgIpc) is 3.02. The second-order valence-electron chi connectivity index (χ2n) is 5.76. The molecule has 1 amide bonds. The number of thioether (sulfide) groups is 1. The van der Waals surface area contributed by atoms with Crippen LogP contribution in [-0.4, -0.2) is 47.1 Å². The normalized spacial score (nSPS) is 11.0. The van der Waals surface area contributed by atoms with Gasteiger partial charge in [-0.15, -0.1) is 21.5 Å². The van der Waals surface area contributed by atoms with E-state index in [-0.39, 0.29) is 11.7 Å². The zero-order valence-corrected chi connectivity index (χ0v) is 16.5. The lowest BCUT2D eigenvalue weighted by molar-refractivity contribution is -0.118. The Morgan fingerprint density at radius 1 is 1.23 bits per heavy atom. The lowest BCUT2D eigenvalue weighted by Gasteiger charge is -2.06. The molecule has 0 atom stereocenters. The number of hydrogen-bond donors (Lipinski definition) is 1. The van der Waals surface area contributed by atoms with Gasteiger partial charge in [0.1, 0.15) is 16.2 Å². The highest BCUT2D eigenvalue weighted by atomic mass is 32.2. The van der Waals surface area contributed by atoms with Gasteiger partial charge < -0.3 is 10.1 Å². The molecule has 2 heterocycles. The van der Waals surface area contributed by atoms with E-state index in [1.54, 1.807) is 18.4 Å². The molecule has 0 fully saturated rings. The summed E-state index contributed by atoms with van der Waals surface area (Å²) in [6.45, 7) is 5.02. The van der Waals surface area contributed by atoms with E-state index in [2.05, 4.69) is 39.6 Å². The molecule has 8 heteroatoms. The fourth-order valence-corrected chi connectivity index (χ4v) is 4.14. The summed E-state index contributed by atoms with van der Waals surface area (Å²) in [5.74, 6) is 0.213. The largest absolute Gasteiger partial charge is 0.383 e. The molecule has 0 unspecified atom stereocenters. The topological polar surface area (TPSA) is 77.0 Å². The Morgan fingerprint density at radius 3 is 2.73 bits per heavy atom. The molecule has 3 aromatic rings. The summed E-state index contributed by atoms with van der Waals surface area (Å²) in [4.78, 5) is 16.5. The summed E-state index contributed by atoms with van der Waals surface area (Å²) >= 11 is 2.95. The van der Waals surface area contributed by atoms with Crippen molar-refractivity contribution in [2.24, 2.45) is 0 Å². The molecule has 26 heavy (non-hydrogen) atoms. The number of benzene rings is 1. The molecule has 6 nitrogen and oxygen atoms in total. The minimum Gasteiger partial charge on any atom is -0.383 e. The van der Waals surface area contributed by atoms with Crippen LogP contribution in [0.25, 0.3) is 21.5 Å². The van der Waals surface area contributed by atoms with Gasteiger partial charge in [-0.3, -0.25) is 4.79 Å². The van der Waals surface area contributed by atoms with Crippen molar-refractivity contribution in [1.29, 1.82) is 0 Å². The minimum atomic E-state index is -0.0587. The Balaban J connectivity index is 1.83. The predicted molar refractivity (Wildman–Crippen MR) is 106 cm³/mol. The Kier molecular flexibility index (Phi) is 6.18. The van der Waals surface area contributed by atoms with Crippen molar-refractivity contribution in [3.05, 3.63) is 34.8 Å². The van der Waals surface area contributed by atoms with Crippen LogP contribution < -0.4 is 5.32 Å². The van der Waals surface area contributed by atoms with Crippen LogP contribution in [0.4, 0.5) is 0 Å². The second-order valence-corrected chi connectivity index (χ2v) is 7.93. The lowest BCUT2D eigenvalue weighted by Crippen LogP contribution is -2.28. The summed E-state index contributed by atoms with van der Waals surface area (Å²) in [5.41, 5.74) is 3.86. The van der Waals surface area contributed by atoms with E-state index in [1.807, 2.05) is 19.1 Å². The van der Waals surface area contributed by atoms with Gasteiger partial charge in [0.15, 0.2) is 0 Å². The molecule has 0 aliphatic carbocycles. The third-order valence-corrected chi connectivity index (χ3v) is 5.62. The van der Waals surface area contributed by atoms with Crippen molar-refractivity contribution < 1.29 is 9.53 Å². The van der Waals surface area contributed by atoms with Gasteiger partial charge in [0.25, 0.3) is 0 Å². The number of aryl methyl sites for hydroxylation is 2. The van der Waals surface area contributed by atoms with Crippen molar-refractivity contribution in [2.45, 2.75) is 18.9 Å². The molecule has 136 valence electrons. The maximum Gasteiger partial charge on any atom is 0.230 e. The van der Waals surface area contributed by atoms with Gasteiger partial charge in [-0.05, 0) is 13.8 Å². The maximum absolute atomic E-state index is 11.9. The summed E-state index contributed by atoms with van der Waals surface area (Å²) in [5, 5.41) is 13.2. The number of nitrogens with one attached hydrogen (secondary N) is 1. The van der Waals surface area contributed by atoms with Crippen LogP contribution >= 0.6 is 23.1 Å². The molecular formula is C18H20N4O2S2. The van der Waals surface area contributed by atoms with Crippen LogP contribution in [0.5, 0.6) is 0 Å². The zero-order valence-electron chi connectivity index (χ0n) is 14.9. The van der Waals surface area contributed by atoms with E-state index in [9.17, 15) is 4.79 Å². The highest BCUT2D eigenvalue weighted by Gasteiger charge is 2.16. The van der Waals surface area contributed by atoms with Crippen molar-refractivity contribution in [1.82, 2.24) is 20.5 Å². The van der Waals surface area contributed by atoms with Gasteiger partial charge in [0.05, 0.1) is 22.1 Å². The van der Waals surface area contributed by atoms with E-state index < -0.39 is 0 Å². The second kappa shape index (κ2) is 8.57. The van der Waals surface area contributed by atoms with Gasteiger partial charge in [0.2, 0.25) is 5.91 Å². The smallest absolute Gasteiger partial charge is 0.230 e. The summed E-state index contributed by atoms with van der Waals surface area (Å²) < 4.78 is 5.93. The maximum atomic E-state index is 11.9. The Morgan fingerprint density at radius 2 is 2.00 bits per heavy atom. The van der Waals surface area contributed by atoms with Gasteiger partial charge in [-0.1, -0.05) is 41.6 Å². The molecule has 0 radical (unpaired) electrons. The fourth-order valence-electron chi connectivity index (χ4n) is 2.40. The quantitative estimate of drug-likeness (QED) is 0.495. The van der Waals surface area contributed by atoms with Gasteiger partial charge in [-0.25, -0.2) is 4.98 Å². The molecule has 0 aliphatic rings. The summed E-state index contributed by atoms with van der Waals surface area (Å²) in [6.07, 6.45) is 0. The van der Waals surface area contributed by atoms with Crippen molar-refractivity contribution in [3.8, 4) is 11.3 Å². The molecule has 2 aromatic heterocycles. The van der Waals surface area contributed by atoms with E-state index in [0.29, 0.717) is 18.2 Å². The SMILES string of the molecule is COCCNC(=O)CSc1nnc(-c2ccc(C)cc2)c2sc(C)nc12. The number of carbonyl (C=O) groups is 1. The molecular weight excluding hydrogens is 368 g/mol. The molecule has 3 rings (SSSR count). The van der Waals surface area contributed by atoms with E-state index in [4.69, 9.17) is 4.74 Å². The summed E-state index contributed by atoms with van der Waals surface area (Å²) in [7, 11) is 1.60. The number of ether oxygens (including phenoxy) is 1. The predicted octanol–water partition coefficient (Wildman–Crippen LogP) is 3.22. The van der Waals surface area contributed by atoms with E-state index in [0.717, 1.165) is 26.5 Å². The van der Waals surface area contributed by atoms with Crippen molar-refractivity contribution in [2.75, 3.05) is 26.0 Å². The first kappa shape index (κ1) is 18.8. The number of carbonyl (C=O) groups excluding carboxylic acids is 1. The third-order valence-electron chi connectivity index (χ3n) is 3.69. The van der Waals surface area contributed by atoms with Gasteiger partial charge in [0, 0.05) is 19.2 Å². The number of rotatable bonds is 7. The standard InChI is InChI=1S/C18H20N4O2S2/c1-11-4-6-13(7-5-11)15-17-16(20-12(2)26-17)18(22-21-15)25-10-14(23)19-8-9-24-3/h4-7H,8-10H2,1-3H3,(H,19,23). The first-order chi connectivity index (χ1) is 12.6. The van der Waals surface area contributed by atoms with Crippen LogP contribution in [0.3, 0.4) is 0 Å². The molecule has 0 spiro atoms. The van der Waals surface area contributed by atoms with Gasteiger partial charge in [-0.2, -0.15) is 0 Å². The summed E-state index contributed by atoms with van der Waals surface area (Å²) in [6, 6.07) is 8.21. The monoisotopic (exact) mass is 388 g/mol. The van der Waals surface area contributed by atoms with Gasteiger partial charge >= 0.3 is 0 Å². The Hall–Kier alpha value is -2.03. The number of nitrogens with zero attached hydrogens (tertiary/aromatic N) is 3. The van der Waals surface area contributed by atoms with Crippen molar-refractivity contribution in [3.63, 3.8) is 0 Å². The number of fused-ring (bicyclic) bond motifs is 1. The molecule has 1 aromatic carbocycles. The molecule has 0 aliphatic heterocycles. The molecule has 0 bridgehead atoms. The van der Waals surface area contributed by atoms with Crippen LogP contribution in [0, 0.1) is 13.8 Å². The first-order valence-electron chi connectivity index (χ1n) is 8.17.